The number of hydrogen-bond donors (Lipinski definition) is 2. The number of H-pyrrole nitrogens is 1. The molecule has 0 aliphatic heterocycles. The normalized spacial score (nSPS) is 11.5. The maximum absolute atomic E-state index is 5.68. The zero-order valence-corrected chi connectivity index (χ0v) is 14.4. The van der Waals surface area contributed by atoms with Gasteiger partial charge in [-0.3, -0.25) is 0 Å². The average molecular weight is 312 g/mol. The van der Waals surface area contributed by atoms with Gasteiger partial charge in [-0.2, -0.15) is 0 Å². The van der Waals surface area contributed by atoms with E-state index in [1.165, 1.54) is 43.0 Å². The summed E-state index contributed by atoms with van der Waals surface area (Å²) < 4.78 is 0. The van der Waals surface area contributed by atoms with Gasteiger partial charge in [0, 0.05) is 15.8 Å². The van der Waals surface area contributed by atoms with Gasteiger partial charge in [-0.15, -0.1) is 11.3 Å². The molecule has 116 valence electrons. The zero-order valence-electron chi connectivity index (χ0n) is 13.6. The molecule has 0 aliphatic carbocycles. The first-order chi connectivity index (χ1) is 10.6. The number of fused-ring (bicyclic) bond motifs is 1. The number of thiophene rings is 1. The molecule has 3 rings (SSSR count). The highest BCUT2D eigenvalue weighted by Crippen LogP contribution is 2.37. The molecule has 0 aliphatic rings. The Balaban J connectivity index is 2.16. The summed E-state index contributed by atoms with van der Waals surface area (Å²) in [6.07, 6.45) is 3.32. The highest BCUT2D eigenvalue weighted by Gasteiger charge is 2.16. The van der Waals surface area contributed by atoms with Gasteiger partial charge in [-0.25, -0.2) is 0 Å². The number of hydrogen-bond acceptors (Lipinski definition) is 2. The highest BCUT2D eigenvalue weighted by atomic mass is 32.1. The van der Waals surface area contributed by atoms with Gasteiger partial charge in [-0.1, -0.05) is 6.07 Å². The number of nitrogens with two attached hydrogens (primary N) is 1. The Hall–Kier alpha value is -1.58. The van der Waals surface area contributed by atoms with E-state index >= 15 is 0 Å². The largest absolute Gasteiger partial charge is 0.354 e. The van der Waals surface area contributed by atoms with Gasteiger partial charge in [0.25, 0.3) is 0 Å². The summed E-state index contributed by atoms with van der Waals surface area (Å²) in [6.45, 7) is 7.32. The van der Waals surface area contributed by atoms with Gasteiger partial charge in [0.2, 0.25) is 0 Å². The Morgan fingerprint density at radius 3 is 2.59 bits per heavy atom. The number of aromatic amines is 1. The molecule has 2 heterocycles. The molecule has 22 heavy (non-hydrogen) atoms. The minimum absolute atomic E-state index is 0.772. The van der Waals surface area contributed by atoms with Crippen LogP contribution in [0.3, 0.4) is 0 Å². The molecule has 1 aromatic carbocycles. The fourth-order valence-electron chi connectivity index (χ4n) is 3.28. The van der Waals surface area contributed by atoms with E-state index in [2.05, 4.69) is 50.0 Å². The third-order valence-corrected chi connectivity index (χ3v) is 5.23. The molecule has 0 fully saturated rings. The van der Waals surface area contributed by atoms with Gasteiger partial charge in [-0.05, 0) is 81.5 Å². The van der Waals surface area contributed by atoms with E-state index in [4.69, 9.17) is 5.73 Å². The van der Waals surface area contributed by atoms with Crippen LogP contribution in [0.2, 0.25) is 0 Å². The van der Waals surface area contributed by atoms with Crippen LogP contribution in [-0.2, 0) is 6.42 Å². The van der Waals surface area contributed by atoms with Crippen molar-refractivity contribution in [2.24, 2.45) is 5.73 Å². The third kappa shape index (κ3) is 2.83. The molecule has 0 saturated heterocycles. The number of benzene rings is 1. The third-order valence-electron chi connectivity index (χ3n) is 4.21. The van der Waals surface area contributed by atoms with Crippen molar-refractivity contribution in [2.75, 3.05) is 6.54 Å². The van der Waals surface area contributed by atoms with Crippen molar-refractivity contribution in [3.05, 3.63) is 45.8 Å². The predicted molar refractivity (Wildman–Crippen MR) is 97.8 cm³/mol. The van der Waals surface area contributed by atoms with Crippen molar-refractivity contribution in [3.8, 4) is 10.6 Å². The van der Waals surface area contributed by atoms with Gasteiger partial charge < -0.3 is 10.7 Å². The number of rotatable bonds is 5. The minimum atomic E-state index is 0.772. The number of nitrogens with one attached hydrogen (secondary N) is 1. The molecule has 0 amide bonds. The quantitative estimate of drug-likeness (QED) is 0.632. The van der Waals surface area contributed by atoms with Crippen LogP contribution < -0.4 is 5.73 Å². The lowest BCUT2D eigenvalue weighted by atomic mass is 9.99. The molecule has 0 radical (unpaired) electrons. The van der Waals surface area contributed by atoms with E-state index in [1.807, 2.05) is 11.3 Å². The lowest BCUT2D eigenvalue weighted by Gasteiger charge is -2.05. The predicted octanol–water partition coefficient (Wildman–Crippen LogP) is 5.10. The summed E-state index contributed by atoms with van der Waals surface area (Å²) in [6, 6.07) is 8.98. The maximum Gasteiger partial charge on any atom is 0.0599 e. The van der Waals surface area contributed by atoms with Gasteiger partial charge in [0.1, 0.15) is 0 Å². The first-order valence-corrected chi connectivity index (χ1v) is 8.80. The monoisotopic (exact) mass is 312 g/mol. The molecule has 2 aromatic heterocycles. The van der Waals surface area contributed by atoms with Gasteiger partial charge >= 0.3 is 0 Å². The Morgan fingerprint density at radius 1 is 1.09 bits per heavy atom. The molecule has 2 nitrogen and oxygen atoms in total. The van der Waals surface area contributed by atoms with Crippen LogP contribution in [0, 0.1) is 20.8 Å². The molecule has 0 unspecified atom stereocenters. The topological polar surface area (TPSA) is 41.8 Å². The molecule has 0 atom stereocenters. The van der Waals surface area contributed by atoms with Crippen LogP contribution in [0.4, 0.5) is 0 Å². The Labute approximate surface area is 136 Å². The van der Waals surface area contributed by atoms with E-state index in [0.717, 1.165) is 25.8 Å². The van der Waals surface area contributed by atoms with Crippen LogP contribution in [0.25, 0.3) is 21.5 Å². The van der Waals surface area contributed by atoms with E-state index in [0.29, 0.717) is 0 Å². The summed E-state index contributed by atoms with van der Waals surface area (Å²) in [5.41, 5.74) is 12.4. The van der Waals surface area contributed by atoms with Crippen LogP contribution in [0.15, 0.2) is 24.3 Å². The SMILES string of the molecule is Cc1cc(C)c2c(CCCCN)c(-c3ccc(C)s3)[nH]c2c1. The number of aromatic nitrogens is 1. The van der Waals surface area contributed by atoms with Gasteiger partial charge in [0.05, 0.1) is 10.6 Å². The van der Waals surface area contributed by atoms with Crippen molar-refractivity contribution in [2.45, 2.75) is 40.0 Å². The molecule has 0 bridgehead atoms. The van der Waals surface area contributed by atoms with Crippen molar-refractivity contribution < 1.29 is 0 Å². The van der Waals surface area contributed by atoms with E-state index in [9.17, 15) is 0 Å². The summed E-state index contributed by atoms with van der Waals surface area (Å²) in [7, 11) is 0. The second kappa shape index (κ2) is 6.27. The van der Waals surface area contributed by atoms with Gasteiger partial charge in [0.15, 0.2) is 0 Å². The lowest BCUT2D eigenvalue weighted by molar-refractivity contribution is 0.748. The fraction of sp³-hybridized carbons (Fsp3) is 0.368. The van der Waals surface area contributed by atoms with Crippen molar-refractivity contribution in [1.29, 1.82) is 0 Å². The highest BCUT2D eigenvalue weighted by molar-refractivity contribution is 7.15. The molecule has 3 heteroatoms. The fourth-order valence-corrected chi connectivity index (χ4v) is 4.17. The van der Waals surface area contributed by atoms with Crippen LogP contribution in [-0.4, -0.2) is 11.5 Å². The molecule has 0 saturated carbocycles. The Morgan fingerprint density at radius 2 is 1.91 bits per heavy atom. The van der Waals surface area contributed by atoms with Crippen molar-refractivity contribution in [3.63, 3.8) is 0 Å². The summed E-state index contributed by atoms with van der Waals surface area (Å²) >= 11 is 1.86. The van der Waals surface area contributed by atoms with E-state index in [-0.39, 0.29) is 0 Å². The summed E-state index contributed by atoms with van der Waals surface area (Å²) in [4.78, 5) is 6.38. The van der Waals surface area contributed by atoms with E-state index in [1.54, 1.807) is 0 Å². The van der Waals surface area contributed by atoms with E-state index < -0.39 is 0 Å². The van der Waals surface area contributed by atoms with Crippen molar-refractivity contribution >= 4 is 22.2 Å². The average Bonchev–Trinajstić information content (AvgIpc) is 3.03. The van der Waals surface area contributed by atoms with Crippen LogP contribution in [0.1, 0.15) is 34.4 Å². The first kappa shape index (κ1) is 15.3. The standard InChI is InChI=1S/C19H24N2S/c1-12-10-13(2)18-15(6-4-5-9-20)19(21-16(18)11-12)17-8-7-14(3)22-17/h7-8,10-11,21H,4-6,9,20H2,1-3H3. The molecular weight excluding hydrogens is 288 g/mol. The first-order valence-electron chi connectivity index (χ1n) is 7.99. The molecular formula is C19H24N2S. The zero-order chi connectivity index (χ0) is 15.7. The summed E-state index contributed by atoms with van der Waals surface area (Å²) in [5, 5.41) is 1.41. The minimum Gasteiger partial charge on any atom is -0.354 e. The van der Waals surface area contributed by atoms with Crippen LogP contribution >= 0.6 is 11.3 Å². The lowest BCUT2D eigenvalue weighted by Crippen LogP contribution is -1.99. The summed E-state index contributed by atoms with van der Waals surface area (Å²) in [5.74, 6) is 0. The van der Waals surface area contributed by atoms with Crippen molar-refractivity contribution in [1.82, 2.24) is 4.98 Å². The second-order valence-corrected chi connectivity index (χ2v) is 7.43. The number of unbranched alkanes of at least 4 members (excludes halogenated alkanes) is 1. The second-order valence-electron chi connectivity index (χ2n) is 6.14. The number of aryl methyl sites for hydroxylation is 4. The molecule has 3 N–H and O–H groups in total. The maximum atomic E-state index is 5.68. The Bertz CT molecular complexity index is 795. The Kier molecular flexibility index (Phi) is 4.37. The smallest absolute Gasteiger partial charge is 0.0599 e. The molecule has 0 spiro atoms. The molecule has 3 aromatic rings. The van der Waals surface area contributed by atoms with Crippen LogP contribution in [0.5, 0.6) is 0 Å².